The minimum atomic E-state index is -0.551. The predicted molar refractivity (Wildman–Crippen MR) is 78.7 cm³/mol. The third-order valence-electron chi connectivity index (χ3n) is 2.91. The van der Waals surface area contributed by atoms with Gasteiger partial charge in [-0.05, 0) is 39.0 Å². The normalized spacial score (nSPS) is 11.0. The van der Waals surface area contributed by atoms with E-state index in [4.69, 9.17) is 11.6 Å². The molecular formula is C13H14ClFN4O2. The fourth-order valence-corrected chi connectivity index (χ4v) is 2.14. The molecule has 21 heavy (non-hydrogen) atoms. The zero-order valence-electron chi connectivity index (χ0n) is 11.7. The number of nitrogens with zero attached hydrogens (tertiary/aromatic N) is 3. The Morgan fingerprint density at radius 1 is 1.48 bits per heavy atom. The summed E-state index contributed by atoms with van der Waals surface area (Å²) in [4.78, 5) is 10.7. The Bertz CT molecular complexity index is 700. The van der Waals surface area contributed by atoms with Crippen LogP contribution in [0, 0.1) is 22.9 Å². The molecule has 0 amide bonds. The Labute approximate surface area is 125 Å². The van der Waals surface area contributed by atoms with Crippen LogP contribution in [-0.4, -0.2) is 14.7 Å². The molecule has 0 spiro atoms. The third kappa shape index (κ3) is 2.97. The summed E-state index contributed by atoms with van der Waals surface area (Å²) in [6.07, 6.45) is 0. The fourth-order valence-electron chi connectivity index (χ4n) is 1.96. The van der Waals surface area contributed by atoms with Crippen molar-refractivity contribution in [3.8, 4) is 0 Å². The van der Waals surface area contributed by atoms with Gasteiger partial charge in [-0.15, -0.1) is 0 Å². The lowest BCUT2D eigenvalue weighted by molar-refractivity contribution is -0.384. The van der Waals surface area contributed by atoms with Gasteiger partial charge in [0, 0.05) is 11.7 Å². The minimum Gasteiger partial charge on any atom is -0.335 e. The number of aryl methyl sites for hydroxylation is 1. The van der Waals surface area contributed by atoms with Gasteiger partial charge in [0.2, 0.25) is 5.82 Å². The second-order valence-electron chi connectivity index (χ2n) is 4.83. The van der Waals surface area contributed by atoms with Crippen molar-refractivity contribution < 1.29 is 9.31 Å². The molecule has 0 unspecified atom stereocenters. The van der Waals surface area contributed by atoms with Gasteiger partial charge in [-0.1, -0.05) is 11.6 Å². The third-order valence-corrected chi connectivity index (χ3v) is 3.20. The second kappa shape index (κ2) is 5.69. The van der Waals surface area contributed by atoms with E-state index in [-0.39, 0.29) is 22.6 Å². The summed E-state index contributed by atoms with van der Waals surface area (Å²) in [5.41, 5.74) is 0.653. The lowest BCUT2D eigenvalue weighted by Crippen LogP contribution is -2.08. The Morgan fingerprint density at radius 2 is 2.14 bits per heavy atom. The molecule has 0 bridgehead atoms. The van der Waals surface area contributed by atoms with Crippen molar-refractivity contribution in [1.29, 1.82) is 0 Å². The van der Waals surface area contributed by atoms with Gasteiger partial charge in [0.25, 0.3) is 0 Å². The number of benzene rings is 1. The smallest absolute Gasteiger partial charge is 0.334 e. The molecule has 1 heterocycles. The van der Waals surface area contributed by atoms with Crippen molar-refractivity contribution in [2.24, 2.45) is 0 Å². The number of anilines is 2. The van der Waals surface area contributed by atoms with E-state index in [1.807, 2.05) is 13.8 Å². The molecule has 112 valence electrons. The molecule has 0 aliphatic heterocycles. The zero-order chi connectivity index (χ0) is 15.7. The van der Waals surface area contributed by atoms with Crippen LogP contribution < -0.4 is 5.32 Å². The summed E-state index contributed by atoms with van der Waals surface area (Å²) in [7, 11) is 0. The zero-order valence-corrected chi connectivity index (χ0v) is 12.5. The van der Waals surface area contributed by atoms with E-state index in [0.717, 1.165) is 0 Å². The van der Waals surface area contributed by atoms with Crippen LogP contribution in [0.25, 0.3) is 0 Å². The Hall–Kier alpha value is -2.15. The number of rotatable bonds is 4. The molecule has 1 aromatic carbocycles. The van der Waals surface area contributed by atoms with Crippen molar-refractivity contribution in [1.82, 2.24) is 9.78 Å². The van der Waals surface area contributed by atoms with Crippen LogP contribution in [0.1, 0.15) is 25.6 Å². The fraction of sp³-hybridized carbons (Fsp3) is 0.308. The molecule has 2 aromatic rings. The number of aromatic nitrogens is 2. The first kappa shape index (κ1) is 15.2. The number of halogens is 2. The highest BCUT2D eigenvalue weighted by Crippen LogP contribution is 2.33. The van der Waals surface area contributed by atoms with E-state index in [1.165, 1.54) is 22.9 Å². The molecule has 0 fully saturated rings. The molecule has 0 aliphatic carbocycles. The van der Waals surface area contributed by atoms with Crippen LogP contribution in [-0.2, 0) is 0 Å². The van der Waals surface area contributed by atoms with Crippen molar-refractivity contribution in [2.75, 3.05) is 5.32 Å². The van der Waals surface area contributed by atoms with Gasteiger partial charge in [0.05, 0.1) is 9.95 Å². The number of hydrogen-bond donors (Lipinski definition) is 1. The van der Waals surface area contributed by atoms with E-state index >= 15 is 0 Å². The second-order valence-corrected chi connectivity index (χ2v) is 5.24. The van der Waals surface area contributed by atoms with E-state index in [1.54, 1.807) is 6.92 Å². The maximum absolute atomic E-state index is 13.2. The summed E-state index contributed by atoms with van der Waals surface area (Å²) in [6, 6.07) is 3.95. The standard InChI is InChI=1S/C13H14ClFN4O2/c1-7(2)18-13(12(19(20)21)8(3)17-18)16-9-4-5-11(15)10(14)6-9/h4-7,16H,1-3H3. The number of nitrogens with one attached hydrogen (secondary N) is 1. The topological polar surface area (TPSA) is 73.0 Å². The van der Waals surface area contributed by atoms with Crippen molar-refractivity contribution >= 4 is 28.8 Å². The highest BCUT2D eigenvalue weighted by Gasteiger charge is 2.26. The van der Waals surface area contributed by atoms with Crippen molar-refractivity contribution in [2.45, 2.75) is 26.8 Å². The van der Waals surface area contributed by atoms with E-state index in [9.17, 15) is 14.5 Å². The molecule has 1 N–H and O–H groups in total. The van der Waals surface area contributed by atoms with E-state index in [2.05, 4.69) is 10.4 Å². The lowest BCUT2D eigenvalue weighted by atomic mass is 10.3. The molecule has 6 nitrogen and oxygen atoms in total. The van der Waals surface area contributed by atoms with Crippen LogP contribution in [0.5, 0.6) is 0 Å². The van der Waals surface area contributed by atoms with Gasteiger partial charge in [-0.2, -0.15) is 5.10 Å². The molecule has 0 aliphatic rings. The predicted octanol–water partition coefficient (Wildman–Crippen LogP) is 4.22. The monoisotopic (exact) mass is 312 g/mol. The number of hydrogen-bond acceptors (Lipinski definition) is 4. The van der Waals surface area contributed by atoms with Crippen molar-refractivity contribution in [3.05, 3.63) is 44.8 Å². The molecule has 0 saturated carbocycles. The summed E-state index contributed by atoms with van der Waals surface area (Å²) < 4.78 is 14.7. The first-order valence-electron chi connectivity index (χ1n) is 6.26. The SMILES string of the molecule is Cc1nn(C(C)C)c(Nc2ccc(F)c(Cl)c2)c1[N+](=O)[O-]. The average Bonchev–Trinajstić information content (AvgIpc) is 2.71. The van der Waals surface area contributed by atoms with Gasteiger partial charge < -0.3 is 5.32 Å². The maximum atomic E-state index is 13.2. The Kier molecular flexibility index (Phi) is 4.13. The molecule has 0 saturated heterocycles. The number of nitro groups is 1. The lowest BCUT2D eigenvalue weighted by Gasteiger charge is -2.12. The summed E-state index contributed by atoms with van der Waals surface area (Å²) in [5.74, 6) is -0.305. The van der Waals surface area contributed by atoms with Gasteiger partial charge in [-0.3, -0.25) is 10.1 Å². The van der Waals surface area contributed by atoms with Crippen LogP contribution in [0.4, 0.5) is 21.6 Å². The average molecular weight is 313 g/mol. The first-order valence-corrected chi connectivity index (χ1v) is 6.64. The van der Waals surface area contributed by atoms with E-state index < -0.39 is 10.7 Å². The Morgan fingerprint density at radius 3 is 2.67 bits per heavy atom. The molecule has 0 radical (unpaired) electrons. The van der Waals surface area contributed by atoms with Gasteiger partial charge in [0.1, 0.15) is 11.5 Å². The highest BCUT2D eigenvalue weighted by molar-refractivity contribution is 6.31. The van der Waals surface area contributed by atoms with Crippen molar-refractivity contribution in [3.63, 3.8) is 0 Å². The van der Waals surface area contributed by atoms with Crippen LogP contribution in [0.3, 0.4) is 0 Å². The molecule has 2 rings (SSSR count). The molecule has 8 heteroatoms. The van der Waals surface area contributed by atoms with Crippen LogP contribution >= 0.6 is 11.6 Å². The quantitative estimate of drug-likeness (QED) is 0.677. The van der Waals surface area contributed by atoms with Crippen LogP contribution in [0.2, 0.25) is 5.02 Å². The largest absolute Gasteiger partial charge is 0.335 e. The van der Waals surface area contributed by atoms with E-state index in [0.29, 0.717) is 11.4 Å². The molecule has 1 aromatic heterocycles. The summed E-state index contributed by atoms with van der Waals surface area (Å²) in [6.45, 7) is 5.29. The van der Waals surface area contributed by atoms with Gasteiger partial charge in [0.15, 0.2) is 0 Å². The van der Waals surface area contributed by atoms with Crippen LogP contribution in [0.15, 0.2) is 18.2 Å². The molecular weight excluding hydrogens is 299 g/mol. The van der Waals surface area contributed by atoms with Gasteiger partial charge >= 0.3 is 5.69 Å². The van der Waals surface area contributed by atoms with Gasteiger partial charge in [-0.25, -0.2) is 9.07 Å². The minimum absolute atomic E-state index is 0.0602. The highest BCUT2D eigenvalue weighted by atomic mass is 35.5. The Balaban J connectivity index is 2.51. The summed E-state index contributed by atoms with van der Waals surface area (Å²) in [5, 5.41) is 18.2. The summed E-state index contributed by atoms with van der Waals surface area (Å²) >= 11 is 5.72. The first-order chi connectivity index (χ1) is 9.81. The molecule has 0 atom stereocenters. The maximum Gasteiger partial charge on any atom is 0.334 e.